The number of nitrogens with zero attached hydrogens (tertiary/aromatic N) is 2. The highest BCUT2D eigenvalue weighted by atomic mass is 32.2. The molecule has 1 amide bonds. The van der Waals surface area contributed by atoms with Gasteiger partial charge in [0.25, 0.3) is 5.91 Å². The van der Waals surface area contributed by atoms with Gasteiger partial charge in [0.1, 0.15) is 0 Å². The minimum atomic E-state index is -3.74. The molecule has 0 saturated carbocycles. The van der Waals surface area contributed by atoms with Crippen LogP contribution in [0.1, 0.15) is 44.0 Å². The maximum atomic E-state index is 12.9. The molecule has 1 aliphatic rings. The Morgan fingerprint density at radius 2 is 1.68 bits per heavy atom. The Balaban J connectivity index is 1.91. The fourth-order valence-electron chi connectivity index (χ4n) is 3.10. The number of likely N-dealkylation sites (N-methyl/N-ethyl adjacent to an activating group) is 1. The maximum absolute atomic E-state index is 12.9. The van der Waals surface area contributed by atoms with Crippen molar-refractivity contribution >= 4 is 27.9 Å². The third-order valence-corrected chi connectivity index (χ3v) is 7.21. The van der Waals surface area contributed by atoms with Crippen LogP contribution in [0, 0.1) is 5.92 Å². The molecule has 0 spiro atoms. The topological polar surface area (TPSA) is 110 Å². The largest absolute Gasteiger partial charge is 0.462 e. The van der Waals surface area contributed by atoms with Crippen molar-refractivity contribution in [1.29, 1.82) is 0 Å². The molecule has 0 aromatic heterocycles. The summed E-state index contributed by atoms with van der Waals surface area (Å²) < 4.78 is 37.1. The predicted molar refractivity (Wildman–Crippen MR) is 113 cm³/mol. The SMILES string of the molecule is CCOC(=O)c1ccc(S(=O)(=O)N2CCC(C(=O)OCC(=O)N(C)C(C)C)CC2)cc1. The minimum Gasteiger partial charge on any atom is -0.462 e. The third kappa shape index (κ3) is 6.27. The average Bonchev–Trinajstić information content (AvgIpc) is 2.76. The van der Waals surface area contributed by atoms with Crippen LogP contribution in [0.25, 0.3) is 0 Å². The van der Waals surface area contributed by atoms with Gasteiger partial charge in [-0.3, -0.25) is 9.59 Å². The van der Waals surface area contributed by atoms with Crippen molar-refractivity contribution in [3.8, 4) is 0 Å². The van der Waals surface area contributed by atoms with E-state index in [-0.39, 0.29) is 48.7 Å². The number of ether oxygens (including phenoxy) is 2. The standard InChI is InChI=1S/C21H30N2O7S/c1-5-29-20(25)16-6-8-18(9-7-16)31(27,28)23-12-10-17(11-13-23)21(26)30-14-19(24)22(4)15(2)3/h6-9,15,17H,5,10-14H2,1-4H3. The molecule has 0 aliphatic carbocycles. The molecule has 1 aromatic rings. The van der Waals surface area contributed by atoms with Crippen LogP contribution in [0.2, 0.25) is 0 Å². The van der Waals surface area contributed by atoms with Gasteiger partial charge in [-0.1, -0.05) is 0 Å². The van der Waals surface area contributed by atoms with Crippen LogP contribution in [0.3, 0.4) is 0 Å². The second kappa shape index (κ2) is 10.7. The van der Waals surface area contributed by atoms with Gasteiger partial charge in [-0.2, -0.15) is 4.31 Å². The molecule has 0 unspecified atom stereocenters. The lowest BCUT2D eigenvalue weighted by Gasteiger charge is -2.30. The number of carbonyl (C=O) groups excluding carboxylic acids is 3. The Bertz CT molecular complexity index is 889. The van der Waals surface area contributed by atoms with Gasteiger partial charge in [-0.15, -0.1) is 0 Å². The molecule has 1 aromatic carbocycles. The van der Waals surface area contributed by atoms with Crippen molar-refractivity contribution < 1.29 is 32.3 Å². The molecule has 172 valence electrons. The molecular weight excluding hydrogens is 424 g/mol. The van der Waals surface area contributed by atoms with Crippen LogP contribution in [0.4, 0.5) is 0 Å². The summed E-state index contributed by atoms with van der Waals surface area (Å²) in [6.45, 7) is 5.67. The fraction of sp³-hybridized carbons (Fsp3) is 0.571. The smallest absolute Gasteiger partial charge is 0.338 e. The second-order valence-corrected chi connectivity index (χ2v) is 9.57. The molecule has 0 bridgehead atoms. The quantitative estimate of drug-likeness (QED) is 0.550. The molecule has 0 atom stereocenters. The molecule has 1 aliphatic heterocycles. The summed E-state index contributed by atoms with van der Waals surface area (Å²) in [6, 6.07) is 5.59. The predicted octanol–water partition coefficient (Wildman–Crippen LogP) is 1.67. The highest BCUT2D eigenvalue weighted by Gasteiger charge is 2.33. The van der Waals surface area contributed by atoms with E-state index in [1.54, 1.807) is 14.0 Å². The van der Waals surface area contributed by atoms with Crippen LogP contribution >= 0.6 is 0 Å². The summed E-state index contributed by atoms with van der Waals surface area (Å²) in [4.78, 5) is 37.5. The zero-order valence-corrected chi connectivity index (χ0v) is 19.2. The van der Waals surface area contributed by atoms with E-state index < -0.39 is 27.9 Å². The Morgan fingerprint density at radius 3 is 2.19 bits per heavy atom. The number of rotatable bonds is 8. The zero-order valence-electron chi connectivity index (χ0n) is 18.4. The van der Waals surface area contributed by atoms with E-state index in [2.05, 4.69) is 0 Å². The van der Waals surface area contributed by atoms with E-state index in [0.717, 1.165) is 0 Å². The molecule has 9 nitrogen and oxygen atoms in total. The van der Waals surface area contributed by atoms with Crippen LogP contribution in [-0.4, -0.2) is 74.9 Å². The Labute approximate surface area is 183 Å². The Morgan fingerprint density at radius 1 is 1.10 bits per heavy atom. The summed E-state index contributed by atoms with van der Waals surface area (Å²) >= 11 is 0. The molecule has 2 rings (SSSR count). The Kier molecular flexibility index (Phi) is 8.58. The van der Waals surface area contributed by atoms with Crippen molar-refractivity contribution in [2.24, 2.45) is 5.92 Å². The monoisotopic (exact) mass is 454 g/mol. The lowest BCUT2D eigenvalue weighted by atomic mass is 9.98. The van der Waals surface area contributed by atoms with Gasteiger partial charge in [0.15, 0.2) is 6.61 Å². The molecule has 0 radical (unpaired) electrons. The van der Waals surface area contributed by atoms with Gasteiger partial charge in [0.05, 0.1) is 23.0 Å². The molecule has 1 fully saturated rings. The third-order valence-electron chi connectivity index (χ3n) is 5.30. The summed E-state index contributed by atoms with van der Waals surface area (Å²) in [5.41, 5.74) is 0.278. The fourth-order valence-corrected chi connectivity index (χ4v) is 4.57. The van der Waals surface area contributed by atoms with Crippen molar-refractivity contribution in [2.45, 2.75) is 44.6 Å². The summed E-state index contributed by atoms with van der Waals surface area (Å²) in [5.74, 6) is -1.73. The van der Waals surface area contributed by atoms with E-state index >= 15 is 0 Å². The molecule has 31 heavy (non-hydrogen) atoms. The van der Waals surface area contributed by atoms with Crippen LogP contribution in [0.15, 0.2) is 29.2 Å². The second-order valence-electron chi connectivity index (χ2n) is 7.63. The van der Waals surface area contributed by atoms with E-state index in [1.165, 1.54) is 33.5 Å². The first-order valence-electron chi connectivity index (χ1n) is 10.3. The van der Waals surface area contributed by atoms with Crippen molar-refractivity contribution in [1.82, 2.24) is 9.21 Å². The lowest BCUT2D eigenvalue weighted by molar-refractivity contribution is -0.156. The number of sulfonamides is 1. The van der Waals surface area contributed by atoms with Crippen molar-refractivity contribution in [3.05, 3.63) is 29.8 Å². The Hall–Kier alpha value is -2.46. The van der Waals surface area contributed by atoms with E-state index in [9.17, 15) is 22.8 Å². The minimum absolute atomic E-state index is 0.00556. The number of hydrogen-bond donors (Lipinski definition) is 0. The first kappa shape index (κ1) is 24.8. The summed E-state index contributed by atoms with van der Waals surface area (Å²) in [6.07, 6.45) is 0.625. The van der Waals surface area contributed by atoms with E-state index in [1.807, 2.05) is 13.8 Å². The zero-order chi connectivity index (χ0) is 23.2. The normalized spacial score (nSPS) is 15.5. The molecule has 0 N–H and O–H groups in total. The van der Waals surface area contributed by atoms with Crippen molar-refractivity contribution in [2.75, 3.05) is 33.4 Å². The highest BCUT2D eigenvalue weighted by molar-refractivity contribution is 7.89. The molecule has 1 heterocycles. The van der Waals surface area contributed by atoms with Gasteiger partial charge in [0, 0.05) is 26.2 Å². The summed E-state index contributed by atoms with van der Waals surface area (Å²) in [5, 5.41) is 0. The first-order chi connectivity index (χ1) is 14.6. The number of benzene rings is 1. The van der Waals surface area contributed by atoms with Gasteiger partial charge in [-0.25, -0.2) is 13.2 Å². The molecule has 10 heteroatoms. The molecule has 1 saturated heterocycles. The number of esters is 2. The summed E-state index contributed by atoms with van der Waals surface area (Å²) in [7, 11) is -2.10. The average molecular weight is 455 g/mol. The number of amides is 1. The number of carbonyl (C=O) groups is 3. The number of piperidine rings is 1. The maximum Gasteiger partial charge on any atom is 0.338 e. The number of hydrogen-bond acceptors (Lipinski definition) is 7. The van der Waals surface area contributed by atoms with Gasteiger partial charge >= 0.3 is 11.9 Å². The van der Waals surface area contributed by atoms with Gasteiger partial charge < -0.3 is 14.4 Å². The van der Waals surface area contributed by atoms with E-state index in [4.69, 9.17) is 9.47 Å². The van der Waals surface area contributed by atoms with Crippen LogP contribution in [0.5, 0.6) is 0 Å². The first-order valence-corrected chi connectivity index (χ1v) is 11.7. The van der Waals surface area contributed by atoms with E-state index in [0.29, 0.717) is 12.8 Å². The van der Waals surface area contributed by atoms with Crippen molar-refractivity contribution in [3.63, 3.8) is 0 Å². The van der Waals surface area contributed by atoms with Gasteiger partial charge in [0.2, 0.25) is 10.0 Å². The highest BCUT2D eigenvalue weighted by Crippen LogP contribution is 2.25. The molecular formula is C21H30N2O7S. The van der Waals surface area contributed by atoms with Crippen LogP contribution in [-0.2, 0) is 29.1 Å². The van der Waals surface area contributed by atoms with Gasteiger partial charge in [-0.05, 0) is 57.9 Å². The lowest BCUT2D eigenvalue weighted by Crippen LogP contribution is -2.41. The van der Waals surface area contributed by atoms with Crippen LogP contribution < -0.4 is 0 Å².